The first kappa shape index (κ1) is 20.7. The van der Waals surface area contributed by atoms with Crippen molar-refractivity contribution in [3.63, 3.8) is 0 Å². The molecule has 29 heavy (non-hydrogen) atoms. The van der Waals surface area contributed by atoms with Gasteiger partial charge in [-0.15, -0.1) is 12.4 Å². The number of pyridine rings is 2. The Morgan fingerprint density at radius 1 is 1.00 bits per heavy atom. The minimum absolute atomic E-state index is 0. The fourth-order valence-electron chi connectivity index (χ4n) is 3.57. The highest BCUT2D eigenvalue weighted by molar-refractivity contribution is 5.85. The average molecular weight is 409 g/mol. The zero-order chi connectivity index (χ0) is 19.8. The quantitative estimate of drug-likeness (QED) is 0.530. The smallest absolute Gasteiger partial charge is 0.255 e. The Hall–Kier alpha value is -3.05. The molecular weight excluding hydrogens is 384 g/mol. The van der Waals surface area contributed by atoms with Crippen molar-refractivity contribution in [3.8, 4) is 5.69 Å². The Kier molecular flexibility index (Phi) is 5.80. The first-order valence-corrected chi connectivity index (χ1v) is 9.42. The van der Waals surface area contributed by atoms with Crippen LogP contribution in [0.5, 0.6) is 0 Å². The van der Waals surface area contributed by atoms with Crippen molar-refractivity contribution < 1.29 is 0 Å². The summed E-state index contributed by atoms with van der Waals surface area (Å²) in [6.07, 6.45) is 3.76. The van der Waals surface area contributed by atoms with E-state index in [9.17, 15) is 4.79 Å². The lowest BCUT2D eigenvalue weighted by molar-refractivity contribution is 0.959. The molecule has 0 bridgehead atoms. The van der Waals surface area contributed by atoms with E-state index in [0.29, 0.717) is 6.54 Å². The van der Waals surface area contributed by atoms with Gasteiger partial charge in [0.1, 0.15) is 0 Å². The number of aromatic nitrogens is 3. The van der Waals surface area contributed by atoms with E-state index in [-0.39, 0.29) is 18.0 Å². The zero-order valence-electron chi connectivity index (χ0n) is 17.1. The van der Waals surface area contributed by atoms with E-state index in [1.807, 2.05) is 32.2 Å². The molecule has 0 saturated heterocycles. The van der Waals surface area contributed by atoms with Crippen molar-refractivity contribution in [3.05, 3.63) is 93.3 Å². The van der Waals surface area contributed by atoms with E-state index in [0.717, 1.165) is 28.4 Å². The van der Waals surface area contributed by atoms with Gasteiger partial charge in [0.05, 0.1) is 17.1 Å². The van der Waals surface area contributed by atoms with Crippen LogP contribution in [0.3, 0.4) is 0 Å². The Bertz CT molecular complexity index is 1220. The monoisotopic (exact) mass is 408 g/mol. The van der Waals surface area contributed by atoms with Gasteiger partial charge in [-0.25, -0.2) is 4.98 Å². The summed E-state index contributed by atoms with van der Waals surface area (Å²) in [6.45, 7) is 9.01. The molecule has 0 spiro atoms. The van der Waals surface area contributed by atoms with Crippen LogP contribution >= 0.6 is 12.4 Å². The number of anilines is 1. The van der Waals surface area contributed by atoms with Crippen LogP contribution in [-0.4, -0.2) is 14.0 Å². The summed E-state index contributed by atoms with van der Waals surface area (Å²) in [7, 11) is 0. The minimum atomic E-state index is -0.0583. The van der Waals surface area contributed by atoms with Gasteiger partial charge in [-0.3, -0.25) is 9.36 Å². The lowest BCUT2D eigenvalue weighted by atomic mass is 10.0. The van der Waals surface area contributed by atoms with Crippen molar-refractivity contribution >= 4 is 23.7 Å². The van der Waals surface area contributed by atoms with Gasteiger partial charge < -0.3 is 9.72 Å². The molecule has 1 N–H and O–H groups in total. The Morgan fingerprint density at radius 2 is 1.72 bits per heavy atom. The molecule has 4 aromatic rings. The number of fused-ring (bicyclic) bond motifs is 1. The predicted octanol–water partition coefficient (Wildman–Crippen LogP) is 4.75. The molecule has 0 aliphatic carbocycles. The topological polar surface area (TPSA) is 51.3 Å². The molecule has 150 valence electrons. The second-order valence-corrected chi connectivity index (χ2v) is 7.22. The van der Waals surface area contributed by atoms with E-state index in [1.165, 1.54) is 16.7 Å². The van der Waals surface area contributed by atoms with Crippen molar-refractivity contribution in [2.45, 2.75) is 34.2 Å². The van der Waals surface area contributed by atoms with Gasteiger partial charge in [0.2, 0.25) is 0 Å². The SMILES string of the molecule is Cc1cccc(C)c1CNc1cc(-n2ccccc2=O)cn2c(C)c(C)nc12.Cl. The van der Waals surface area contributed by atoms with Crippen LogP contribution in [0, 0.1) is 27.7 Å². The molecular formula is C23H25ClN4O. The van der Waals surface area contributed by atoms with Crippen molar-refractivity contribution in [2.75, 3.05) is 5.32 Å². The fourth-order valence-corrected chi connectivity index (χ4v) is 3.57. The first-order chi connectivity index (χ1) is 13.5. The lowest BCUT2D eigenvalue weighted by Crippen LogP contribution is -2.16. The molecule has 0 radical (unpaired) electrons. The lowest BCUT2D eigenvalue weighted by Gasteiger charge is -2.15. The molecule has 0 atom stereocenters. The molecule has 3 heterocycles. The van der Waals surface area contributed by atoms with Gasteiger partial charge in [0.15, 0.2) is 5.65 Å². The molecule has 6 heteroatoms. The summed E-state index contributed by atoms with van der Waals surface area (Å²) < 4.78 is 3.70. The molecule has 0 amide bonds. The molecule has 0 aliphatic heterocycles. The van der Waals surface area contributed by atoms with Crippen molar-refractivity contribution in [2.24, 2.45) is 0 Å². The Labute approximate surface area is 176 Å². The third-order valence-electron chi connectivity index (χ3n) is 5.38. The maximum absolute atomic E-state index is 12.3. The van der Waals surface area contributed by atoms with Crippen LogP contribution in [0.4, 0.5) is 5.69 Å². The number of nitrogens with zero attached hydrogens (tertiary/aromatic N) is 3. The number of hydrogen-bond acceptors (Lipinski definition) is 3. The highest BCUT2D eigenvalue weighted by Crippen LogP contribution is 2.25. The van der Waals surface area contributed by atoms with Gasteiger partial charge in [0.25, 0.3) is 5.56 Å². The zero-order valence-corrected chi connectivity index (χ0v) is 17.9. The summed E-state index contributed by atoms with van der Waals surface area (Å²) in [5, 5.41) is 3.56. The number of rotatable bonds is 4. The summed E-state index contributed by atoms with van der Waals surface area (Å²) in [6, 6.07) is 13.5. The van der Waals surface area contributed by atoms with Gasteiger partial charge >= 0.3 is 0 Å². The van der Waals surface area contributed by atoms with Gasteiger partial charge in [-0.1, -0.05) is 24.3 Å². The second kappa shape index (κ2) is 8.13. The van der Waals surface area contributed by atoms with Crippen LogP contribution < -0.4 is 10.9 Å². The molecule has 0 aliphatic rings. The molecule has 3 aromatic heterocycles. The fraction of sp³-hybridized carbons (Fsp3) is 0.217. The van der Waals surface area contributed by atoms with E-state index < -0.39 is 0 Å². The van der Waals surface area contributed by atoms with Crippen LogP contribution in [0.1, 0.15) is 28.1 Å². The number of benzene rings is 1. The highest BCUT2D eigenvalue weighted by Gasteiger charge is 2.13. The molecule has 5 nitrogen and oxygen atoms in total. The van der Waals surface area contributed by atoms with Crippen LogP contribution in [-0.2, 0) is 6.54 Å². The second-order valence-electron chi connectivity index (χ2n) is 7.22. The summed E-state index contributed by atoms with van der Waals surface area (Å²) in [5.41, 5.74) is 8.37. The molecule has 1 aromatic carbocycles. The van der Waals surface area contributed by atoms with Crippen molar-refractivity contribution in [1.82, 2.24) is 14.0 Å². The molecule has 0 fully saturated rings. The molecule has 4 rings (SSSR count). The number of nitrogens with one attached hydrogen (secondary N) is 1. The van der Waals surface area contributed by atoms with Crippen LogP contribution in [0.25, 0.3) is 11.3 Å². The van der Waals surface area contributed by atoms with Gasteiger partial charge in [-0.2, -0.15) is 0 Å². The van der Waals surface area contributed by atoms with E-state index in [4.69, 9.17) is 4.98 Å². The maximum Gasteiger partial charge on any atom is 0.255 e. The Morgan fingerprint density at radius 3 is 2.41 bits per heavy atom. The van der Waals surface area contributed by atoms with E-state index in [1.54, 1.807) is 22.9 Å². The third kappa shape index (κ3) is 3.78. The standard InChI is InChI=1S/C23H24N4O.ClH/c1-15-8-7-9-16(2)20(15)13-24-21-12-19(26-11-6-5-10-22(26)28)14-27-18(4)17(3)25-23(21)27;/h5-12,14,24H,13H2,1-4H3;1H. The summed E-state index contributed by atoms with van der Waals surface area (Å²) in [4.78, 5) is 17.1. The summed E-state index contributed by atoms with van der Waals surface area (Å²) >= 11 is 0. The predicted molar refractivity (Wildman–Crippen MR) is 121 cm³/mol. The summed E-state index contributed by atoms with van der Waals surface area (Å²) in [5.74, 6) is 0. The maximum atomic E-state index is 12.3. The molecule has 0 saturated carbocycles. The Balaban J connectivity index is 0.00000240. The van der Waals surface area contributed by atoms with Crippen molar-refractivity contribution in [1.29, 1.82) is 0 Å². The number of imidazole rings is 1. The highest BCUT2D eigenvalue weighted by atomic mass is 35.5. The normalized spacial score (nSPS) is 10.8. The van der Waals surface area contributed by atoms with Crippen LogP contribution in [0.2, 0.25) is 0 Å². The number of halogens is 1. The average Bonchev–Trinajstić information content (AvgIpc) is 2.96. The minimum Gasteiger partial charge on any atom is -0.378 e. The van der Waals surface area contributed by atoms with Gasteiger partial charge in [-0.05, 0) is 56.5 Å². The van der Waals surface area contributed by atoms with E-state index >= 15 is 0 Å². The van der Waals surface area contributed by atoms with E-state index in [2.05, 4.69) is 41.8 Å². The van der Waals surface area contributed by atoms with Gasteiger partial charge in [0, 0.05) is 30.7 Å². The third-order valence-corrected chi connectivity index (χ3v) is 5.38. The number of aryl methyl sites for hydroxylation is 4. The largest absolute Gasteiger partial charge is 0.378 e. The first-order valence-electron chi connectivity index (χ1n) is 9.42. The molecule has 0 unspecified atom stereocenters. The number of hydrogen-bond donors (Lipinski definition) is 1. The van der Waals surface area contributed by atoms with Crippen LogP contribution in [0.15, 0.2) is 59.7 Å².